The van der Waals surface area contributed by atoms with E-state index in [0.717, 1.165) is 23.4 Å². The smallest absolute Gasteiger partial charge is 0.409 e. The topological polar surface area (TPSA) is 118 Å². The number of carbonyl (C=O) groups excluding carboxylic acids is 2. The first-order valence-electron chi connectivity index (χ1n) is 13.3. The summed E-state index contributed by atoms with van der Waals surface area (Å²) in [6, 6.07) is 10.2. The molecular formula is C27H31N5O6. The van der Waals surface area contributed by atoms with Crippen LogP contribution >= 0.6 is 0 Å². The summed E-state index contributed by atoms with van der Waals surface area (Å²) in [5.41, 5.74) is 2.77. The van der Waals surface area contributed by atoms with E-state index in [4.69, 9.17) is 4.74 Å². The van der Waals surface area contributed by atoms with Gasteiger partial charge in [-0.3, -0.25) is 19.7 Å². The number of hydrogen-bond acceptors (Lipinski definition) is 7. The maximum atomic E-state index is 14.1. The van der Waals surface area contributed by atoms with Gasteiger partial charge in [-0.2, -0.15) is 0 Å². The molecule has 2 amide bonds. The maximum absolute atomic E-state index is 14.1. The van der Waals surface area contributed by atoms with E-state index < -0.39 is 10.8 Å². The largest absolute Gasteiger partial charge is 0.450 e. The van der Waals surface area contributed by atoms with Gasteiger partial charge in [-0.05, 0) is 43.4 Å². The number of rotatable bonds is 3. The van der Waals surface area contributed by atoms with Gasteiger partial charge >= 0.3 is 6.09 Å². The van der Waals surface area contributed by atoms with Crippen LogP contribution in [0.4, 0.5) is 16.2 Å². The van der Waals surface area contributed by atoms with Gasteiger partial charge in [-0.1, -0.05) is 6.07 Å². The number of nitrogens with zero attached hydrogens (tertiary/aromatic N) is 5. The molecule has 2 aromatic rings. The molecule has 11 nitrogen and oxygen atoms in total. The second-order valence-electron chi connectivity index (χ2n) is 10.6. The fourth-order valence-electron chi connectivity index (χ4n) is 7.00. The number of benzene rings is 1. The van der Waals surface area contributed by atoms with Gasteiger partial charge in [0.1, 0.15) is 0 Å². The van der Waals surface area contributed by atoms with E-state index in [1.165, 1.54) is 6.07 Å². The lowest BCUT2D eigenvalue weighted by molar-refractivity contribution is -0.384. The molecule has 4 aliphatic heterocycles. The van der Waals surface area contributed by atoms with Crippen LogP contribution in [0.1, 0.15) is 30.5 Å². The van der Waals surface area contributed by atoms with Gasteiger partial charge in [0.05, 0.1) is 17.4 Å². The number of hydrogen-bond donors (Lipinski definition) is 0. The number of piperidine rings is 1. The molecule has 1 aromatic carbocycles. The van der Waals surface area contributed by atoms with E-state index >= 15 is 0 Å². The first-order chi connectivity index (χ1) is 18.4. The number of pyridine rings is 1. The van der Waals surface area contributed by atoms with E-state index in [9.17, 15) is 24.5 Å². The first kappa shape index (κ1) is 24.4. The molecule has 0 spiro atoms. The fraction of sp³-hybridized carbons (Fsp3) is 0.519. The van der Waals surface area contributed by atoms with Crippen molar-refractivity contribution in [2.45, 2.75) is 38.3 Å². The van der Waals surface area contributed by atoms with Crippen LogP contribution in [0.25, 0.3) is 0 Å². The predicted molar refractivity (Wildman–Crippen MR) is 138 cm³/mol. The van der Waals surface area contributed by atoms with Gasteiger partial charge < -0.3 is 24.0 Å². The Morgan fingerprint density at radius 3 is 2.58 bits per heavy atom. The minimum Gasteiger partial charge on any atom is -0.450 e. The second-order valence-corrected chi connectivity index (χ2v) is 10.6. The average molecular weight is 522 g/mol. The number of amides is 2. The van der Waals surface area contributed by atoms with Gasteiger partial charge in [0.2, 0.25) is 5.91 Å². The normalized spacial score (nSPS) is 25.7. The summed E-state index contributed by atoms with van der Waals surface area (Å²) in [5.74, 6) is -0.153. The number of fused-ring (bicyclic) bond motifs is 8. The van der Waals surface area contributed by atoms with E-state index in [2.05, 4.69) is 4.90 Å². The summed E-state index contributed by atoms with van der Waals surface area (Å²) in [4.78, 5) is 55.8. The van der Waals surface area contributed by atoms with E-state index in [1.807, 2.05) is 21.6 Å². The zero-order valence-electron chi connectivity index (χ0n) is 21.3. The quantitative estimate of drug-likeness (QED) is 0.449. The average Bonchev–Trinajstić information content (AvgIpc) is 2.92. The summed E-state index contributed by atoms with van der Waals surface area (Å²) >= 11 is 0. The Bertz CT molecular complexity index is 1350. The zero-order chi connectivity index (χ0) is 26.6. The molecule has 0 saturated carbocycles. The van der Waals surface area contributed by atoms with Crippen molar-refractivity contribution in [1.29, 1.82) is 0 Å². The Hall–Kier alpha value is -3.89. The van der Waals surface area contributed by atoms with E-state index in [-0.39, 0.29) is 41.1 Å². The molecule has 200 valence electrons. The molecule has 1 aromatic heterocycles. The summed E-state index contributed by atoms with van der Waals surface area (Å²) in [7, 11) is 0. The van der Waals surface area contributed by atoms with Gasteiger partial charge in [-0.25, -0.2) is 4.79 Å². The molecule has 6 rings (SSSR count). The van der Waals surface area contributed by atoms with Gasteiger partial charge in [0.25, 0.3) is 11.2 Å². The van der Waals surface area contributed by atoms with Crippen LogP contribution in [-0.4, -0.2) is 76.7 Å². The fourth-order valence-corrected chi connectivity index (χ4v) is 7.00. The van der Waals surface area contributed by atoms with Gasteiger partial charge in [0, 0.05) is 80.8 Å². The molecule has 4 atom stereocenters. The Morgan fingerprint density at radius 1 is 1.08 bits per heavy atom. The highest BCUT2D eigenvalue weighted by molar-refractivity contribution is 5.83. The molecule has 4 aliphatic rings. The zero-order valence-corrected chi connectivity index (χ0v) is 21.3. The van der Waals surface area contributed by atoms with Crippen LogP contribution in [0.2, 0.25) is 0 Å². The molecule has 5 heterocycles. The Morgan fingerprint density at radius 2 is 1.84 bits per heavy atom. The molecule has 11 heteroatoms. The highest BCUT2D eigenvalue weighted by Crippen LogP contribution is 2.48. The van der Waals surface area contributed by atoms with Crippen LogP contribution < -0.4 is 10.5 Å². The lowest BCUT2D eigenvalue weighted by Crippen LogP contribution is -2.62. The number of non-ortho nitro benzene ring substituents is 1. The number of anilines is 1. The lowest BCUT2D eigenvalue weighted by atomic mass is 9.69. The second kappa shape index (κ2) is 9.45. The van der Waals surface area contributed by atoms with Crippen molar-refractivity contribution in [1.82, 2.24) is 14.4 Å². The Kier molecular flexibility index (Phi) is 6.08. The van der Waals surface area contributed by atoms with Crippen molar-refractivity contribution in [3.05, 3.63) is 68.1 Å². The molecule has 2 fully saturated rings. The van der Waals surface area contributed by atoms with Crippen molar-refractivity contribution < 1.29 is 19.2 Å². The SMILES string of the molecule is CCOC(=O)N1CCN(C(=O)[C@@H]2Cc3cc([N+](=O)[O-])ccc3N3CC4CC(Cn5c4cccc5=O)[C@@H]23)CC1. The molecule has 2 unspecified atom stereocenters. The van der Waals surface area contributed by atoms with E-state index in [0.29, 0.717) is 52.3 Å². The van der Waals surface area contributed by atoms with Gasteiger partial charge in [-0.15, -0.1) is 0 Å². The third kappa shape index (κ3) is 4.00. The van der Waals surface area contributed by atoms with Crippen LogP contribution in [0.5, 0.6) is 0 Å². The summed E-state index contributed by atoms with van der Waals surface area (Å²) < 4.78 is 6.97. The van der Waals surface area contributed by atoms with Crippen LogP contribution in [-0.2, 0) is 22.5 Å². The van der Waals surface area contributed by atoms with Crippen LogP contribution in [0.15, 0.2) is 41.2 Å². The minimum absolute atomic E-state index is 0.00493. The van der Waals surface area contributed by atoms with Crippen molar-refractivity contribution in [3.63, 3.8) is 0 Å². The number of piperazine rings is 1. The summed E-state index contributed by atoms with van der Waals surface area (Å²) in [6.07, 6.45) is 0.939. The molecule has 2 saturated heterocycles. The molecule has 0 aliphatic carbocycles. The first-order valence-corrected chi connectivity index (χ1v) is 13.3. The Labute approximate surface area is 219 Å². The third-order valence-corrected chi connectivity index (χ3v) is 8.64. The molecule has 2 bridgehead atoms. The molecular weight excluding hydrogens is 490 g/mol. The maximum Gasteiger partial charge on any atom is 0.409 e. The van der Waals surface area contributed by atoms with Crippen LogP contribution in [0, 0.1) is 22.0 Å². The minimum atomic E-state index is -0.398. The third-order valence-electron chi connectivity index (χ3n) is 8.64. The number of nitro benzene ring substituents is 1. The van der Waals surface area contributed by atoms with Crippen molar-refractivity contribution in [2.75, 3.05) is 44.2 Å². The van der Waals surface area contributed by atoms with Gasteiger partial charge in [0.15, 0.2) is 0 Å². The van der Waals surface area contributed by atoms with Crippen molar-refractivity contribution in [3.8, 4) is 0 Å². The van der Waals surface area contributed by atoms with E-state index in [1.54, 1.807) is 30.0 Å². The lowest BCUT2D eigenvalue weighted by Gasteiger charge is -2.54. The molecule has 38 heavy (non-hydrogen) atoms. The number of carbonyl (C=O) groups is 2. The van der Waals surface area contributed by atoms with Crippen molar-refractivity contribution >= 4 is 23.4 Å². The molecule has 0 radical (unpaired) electrons. The highest BCUT2D eigenvalue weighted by Gasteiger charge is 2.50. The number of aromatic nitrogens is 1. The standard InChI is InChI=1S/C27H31N5O6/c1-2-38-27(35)29-10-8-28(9-11-29)26(34)21-14-17-13-20(32(36)37)6-7-23(17)31-15-18-12-19(25(21)31)16-30-22(18)4-3-5-24(30)33/h3-7,13,18-19,21,25H,2,8-12,14-16H2,1H3/t18?,19?,21-,25+/m1/s1. The predicted octanol–water partition coefficient (Wildman–Crippen LogP) is 2.22. The number of nitro groups is 1. The van der Waals surface area contributed by atoms with Crippen LogP contribution in [0.3, 0.4) is 0 Å². The monoisotopic (exact) mass is 521 g/mol. The Balaban J connectivity index is 1.33. The summed E-state index contributed by atoms with van der Waals surface area (Å²) in [5, 5.41) is 11.5. The molecule has 0 N–H and O–H groups in total. The highest BCUT2D eigenvalue weighted by atomic mass is 16.6. The number of ether oxygens (including phenoxy) is 1. The summed E-state index contributed by atoms with van der Waals surface area (Å²) in [6.45, 7) is 4.91. The van der Waals surface area contributed by atoms with Crippen molar-refractivity contribution in [2.24, 2.45) is 11.8 Å².